The number of Topliss-reactive ketones (excluding diaryl/α,β-unsaturated/α-hetero) is 1. The van der Waals surface area contributed by atoms with Crippen molar-refractivity contribution in [2.24, 2.45) is 0 Å². The summed E-state index contributed by atoms with van der Waals surface area (Å²) < 4.78 is 28.8. The number of nitrogens with zero attached hydrogens (tertiary/aromatic N) is 1. The zero-order valence-corrected chi connectivity index (χ0v) is 20.5. The molecule has 0 aromatic carbocycles. The Balaban J connectivity index is 3.13. The SMILES string of the molecule is CCOP(=O)(OCC)C(C)C(=O)NC1(C(=O)CC)CC(Cl)N(C(=O)OC(C)(C)C)C1. The average Bonchev–Trinajstić information content (AvgIpc) is 2.96. The van der Waals surface area contributed by atoms with Gasteiger partial charge in [0.1, 0.15) is 22.3 Å². The molecule has 2 amide bonds. The highest BCUT2D eigenvalue weighted by molar-refractivity contribution is 7.55. The van der Waals surface area contributed by atoms with Gasteiger partial charge in [0, 0.05) is 12.8 Å². The predicted molar refractivity (Wildman–Crippen MR) is 114 cm³/mol. The lowest BCUT2D eigenvalue weighted by Crippen LogP contribution is -2.58. The summed E-state index contributed by atoms with van der Waals surface area (Å²) >= 11 is 6.36. The van der Waals surface area contributed by atoms with E-state index in [0.717, 1.165) is 0 Å². The van der Waals surface area contributed by atoms with E-state index in [4.69, 9.17) is 25.4 Å². The maximum atomic E-state index is 13.0. The second kappa shape index (κ2) is 10.4. The number of amides is 2. The summed E-state index contributed by atoms with van der Waals surface area (Å²) in [6.45, 7) is 11.6. The molecule has 11 heteroatoms. The van der Waals surface area contributed by atoms with Crippen LogP contribution in [0.15, 0.2) is 0 Å². The Labute approximate surface area is 183 Å². The zero-order chi connectivity index (χ0) is 23.3. The fourth-order valence-corrected chi connectivity index (χ4v) is 5.16. The summed E-state index contributed by atoms with van der Waals surface area (Å²) in [4.78, 5) is 39.5. The first kappa shape index (κ1) is 26.9. The third-order valence-electron chi connectivity index (χ3n) is 4.61. The molecule has 1 rings (SSSR count). The predicted octanol–water partition coefficient (Wildman–Crippen LogP) is 3.68. The van der Waals surface area contributed by atoms with Gasteiger partial charge in [-0.25, -0.2) is 4.79 Å². The molecule has 1 fully saturated rings. The van der Waals surface area contributed by atoms with Crippen molar-refractivity contribution in [3.05, 3.63) is 0 Å². The normalized spacial score (nSPS) is 23.2. The van der Waals surface area contributed by atoms with Gasteiger partial charge in [-0.05, 0) is 41.5 Å². The van der Waals surface area contributed by atoms with E-state index in [1.165, 1.54) is 11.8 Å². The van der Waals surface area contributed by atoms with E-state index in [-0.39, 0.29) is 38.4 Å². The lowest BCUT2D eigenvalue weighted by Gasteiger charge is -2.31. The van der Waals surface area contributed by atoms with Crippen LogP contribution in [0.5, 0.6) is 0 Å². The minimum absolute atomic E-state index is 0.00645. The second-order valence-corrected chi connectivity index (χ2v) is 11.0. The molecule has 1 aliphatic rings. The minimum Gasteiger partial charge on any atom is -0.444 e. The first-order valence-electron chi connectivity index (χ1n) is 10.1. The summed E-state index contributed by atoms with van der Waals surface area (Å²) in [5, 5.41) is 2.69. The van der Waals surface area contributed by atoms with E-state index in [2.05, 4.69) is 5.32 Å². The van der Waals surface area contributed by atoms with Crippen molar-refractivity contribution in [2.45, 2.75) is 83.6 Å². The Hall–Kier alpha value is -1.15. The number of alkyl halides is 1. The number of halogens is 1. The summed E-state index contributed by atoms with van der Waals surface area (Å²) in [5.74, 6) is -0.959. The summed E-state index contributed by atoms with van der Waals surface area (Å²) in [7, 11) is -3.73. The number of rotatable bonds is 9. The Bertz CT molecular complexity index is 687. The van der Waals surface area contributed by atoms with Crippen LogP contribution in [0, 0.1) is 0 Å². The largest absolute Gasteiger partial charge is 0.444 e. The summed E-state index contributed by atoms with van der Waals surface area (Å²) in [6.07, 6.45) is -0.550. The standard InChI is InChI=1S/C19H34ClN2O7P/c1-8-14(23)19(11-15(20)22(12-19)17(25)29-18(5,6)7)21-16(24)13(4)30(26,27-9-2)28-10-3/h13,15H,8-12H2,1-7H3,(H,21,24). The molecule has 174 valence electrons. The topological polar surface area (TPSA) is 111 Å². The van der Waals surface area contributed by atoms with Gasteiger partial charge in [0.05, 0.1) is 19.8 Å². The molecule has 1 saturated heterocycles. The average molecular weight is 469 g/mol. The molecule has 1 heterocycles. The third kappa shape index (κ3) is 6.42. The smallest absolute Gasteiger partial charge is 0.411 e. The monoisotopic (exact) mass is 468 g/mol. The fourth-order valence-electron chi connectivity index (χ4n) is 3.16. The lowest BCUT2D eigenvalue weighted by atomic mass is 9.91. The molecule has 0 bridgehead atoms. The van der Waals surface area contributed by atoms with E-state index >= 15 is 0 Å². The summed E-state index contributed by atoms with van der Waals surface area (Å²) in [5.41, 5.74) is -4.15. The molecular formula is C19H34ClN2O7P. The van der Waals surface area contributed by atoms with Gasteiger partial charge in [0.15, 0.2) is 5.78 Å². The molecule has 9 nitrogen and oxygen atoms in total. The second-order valence-electron chi connectivity index (χ2n) is 8.15. The van der Waals surface area contributed by atoms with Crippen LogP contribution in [0.25, 0.3) is 0 Å². The molecule has 0 aliphatic carbocycles. The molecule has 3 atom stereocenters. The van der Waals surface area contributed by atoms with Gasteiger partial charge in [0.2, 0.25) is 5.91 Å². The van der Waals surface area contributed by atoms with Gasteiger partial charge >= 0.3 is 13.7 Å². The van der Waals surface area contributed by atoms with Crippen LogP contribution in [0.4, 0.5) is 4.79 Å². The molecule has 0 aromatic heterocycles. The molecule has 30 heavy (non-hydrogen) atoms. The maximum Gasteiger partial charge on any atom is 0.411 e. The fraction of sp³-hybridized carbons (Fsp3) is 0.842. The van der Waals surface area contributed by atoms with Gasteiger partial charge in [-0.1, -0.05) is 18.5 Å². The number of nitrogens with one attached hydrogen (secondary N) is 1. The van der Waals surface area contributed by atoms with Crippen molar-refractivity contribution in [3.8, 4) is 0 Å². The number of carbonyl (C=O) groups is 3. The highest BCUT2D eigenvalue weighted by Crippen LogP contribution is 2.53. The highest BCUT2D eigenvalue weighted by atomic mass is 35.5. The van der Waals surface area contributed by atoms with Crippen molar-refractivity contribution >= 4 is 37.0 Å². The number of hydrogen-bond acceptors (Lipinski definition) is 7. The number of likely N-dealkylation sites (tertiary alicyclic amines) is 1. The van der Waals surface area contributed by atoms with E-state index < -0.39 is 41.9 Å². The van der Waals surface area contributed by atoms with Crippen LogP contribution >= 0.6 is 19.2 Å². The number of carbonyl (C=O) groups excluding carboxylic acids is 3. The van der Waals surface area contributed by atoms with E-state index in [0.29, 0.717) is 0 Å². The molecular weight excluding hydrogens is 435 g/mol. The maximum absolute atomic E-state index is 13.0. The number of ether oxygens (including phenoxy) is 1. The minimum atomic E-state index is -3.73. The Morgan fingerprint density at radius 1 is 1.20 bits per heavy atom. The van der Waals surface area contributed by atoms with Crippen molar-refractivity contribution in [2.75, 3.05) is 19.8 Å². The lowest BCUT2D eigenvalue weighted by molar-refractivity contribution is -0.131. The molecule has 0 saturated carbocycles. The highest BCUT2D eigenvalue weighted by Gasteiger charge is 2.52. The van der Waals surface area contributed by atoms with Crippen molar-refractivity contribution in [1.29, 1.82) is 0 Å². The quantitative estimate of drug-likeness (QED) is 0.312. The Morgan fingerprint density at radius 3 is 2.17 bits per heavy atom. The number of ketones is 1. The van der Waals surface area contributed by atoms with Gasteiger partial charge in [0.25, 0.3) is 0 Å². The molecule has 3 unspecified atom stereocenters. The van der Waals surface area contributed by atoms with Crippen molar-refractivity contribution in [1.82, 2.24) is 10.2 Å². The molecule has 0 radical (unpaired) electrons. The Kier molecular flexibility index (Phi) is 9.36. The van der Waals surface area contributed by atoms with E-state index in [1.807, 2.05) is 0 Å². The molecule has 0 aromatic rings. The van der Waals surface area contributed by atoms with Gasteiger partial charge in [-0.15, -0.1) is 0 Å². The van der Waals surface area contributed by atoms with E-state index in [1.54, 1.807) is 41.5 Å². The van der Waals surface area contributed by atoms with Crippen LogP contribution in [0.3, 0.4) is 0 Å². The van der Waals surface area contributed by atoms with Gasteiger partial charge in [-0.3, -0.25) is 19.1 Å². The van der Waals surface area contributed by atoms with Crippen LogP contribution < -0.4 is 5.32 Å². The van der Waals surface area contributed by atoms with Crippen LogP contribution in [0.2, 0.25) is 0 Å². The van der Waals surface area contributed by atoms with Crippen molar-refractivity contribution < 1.29 is 32.7 Å². The van der Waals surface area contributed by atoms with Crippen molar-refractivity contribution in [3.63, 3.8) is 0 Å². The molecule has 0 spiro atoms. The Morgan fingerprint density at radius 2 is 1.73 bits per heavy atom. The van der Waals surface area contributed by atoms with Crippen LogP contribution in [-0.2, 0) is 27.9 Å². The first-order chi connectivity index (χ1) is 13.7. The van der Waals surface area contributed by atoms with Gasteiger partial charge < -0.3 is 19.1 Å². The number of hydrogen-bond donors (Lipinski definition) is 1. The summed E-state index contributed by atoms with van der Waals surface area (Å²) in [6, 6.07) is 0. The third-order valence-corrected chi connectivity index (χ3v) is 7.42. The van der Waals surface area contributed by atoms with E-state index in [9.17, 15) is 18.9 Å². The van der Waals surface area contributed by atoms with Crippen LogP contribution in [0.1, 0.15) is 61.3 Å². The molecule has 1 aliphatic heterocycles. The zero-order valence-electron chi connectivity index (χ0n) is 18.8. The van der Waals surface area contributed by atoms with Gasteiger partial charge in [-0.2, -0.15) is 0 Å². The molecule has 1 N–H and O–H groups in total. The first-order valence-corrected chi connectivity index (χ1v) is 12.2. The van der Waals surface area contributed by atoms with Crippen LogP contribution in [-0.4, -0.2) is 64.7 Å².